The number of amides is 2. The summed E-state index contributed by atoms with van der Waals surface area (Å²) in [5.41, 5.74) is 1.26. The smallest absolute Gasteiger partial charge is 0.323 e. The average molecular weight is 307 g/mol. The molecular formula is C15H21N3O2S. The molecule has 1 aromatic rings. The van der Waals surface area contributed by atoms with E-state index < -0.39 is 6.23 Å². The van der Waals surface area contributed by atoms with Crippen LogP contribution in [0.5, 0.6) is 5.75 Å². The molecule has 1 aliphatic rings. The molecule has 1 heterocycles. The van der Waals surface area contributed by atoms with Crippen LogP contribution in [0, 0.1) is 0 Å². The van der Waals surface area contributed by atoms with E-state index in [-0.39, 0.29) is 6.03 Å². The average Bonchev–Trinajstić information content (AvgIpc) is 2.91. The van der Waals surface area contributed by atoms with Gasteiger partial charge in [-0.25, -0.2) is 4.79 Å². The zero-order valence-electron chi connectivity index (χ0n) is 12.6. The summed E-state index contributed by atoms with van der Waals surface area (Å²) in [5, 5.41) is 6.10. The molecule has 2 N–H and O–H groups in total. The number of hydrogen-bond acceptors (Lipinski definition) is 4. The van der Waals surface area contributed by atoms with E-state index in [1.165, 1.54) is 5.56 Å². The van der Waals surface area contributed by atoms with Crippen molar-refractivity contribution in [1.29, 1.82) is 0 Å². The van der Waals surface area contributed by atoms with E-state index in [1.54, 1.807) is 18.7 Å². The number of thioether (sulfide) groups is 1. The molecule has 6 heteroatoms. The molecule has 21 heavy (non-hydrogen) atoms. The molecule has 0 aromatic heterocycles. The summed E-state index contributed by atoms with van der Waals surface area (Å²) in [6, 6.07) is 7.62. The number of benzene rings is 1. The lowest BCUT2D eigenvalue weighted by Gasteiger charge is -2.17. The molecule has 0 bridgehead atoms. The quantitative estimate of drug-likeness (QED) is 0.841. The van der Waals surface area contributed by atoms with Gasteiger partial charge >= 0.3 is 6.03 Å². The third-order valence-electron chi connectivity index (χ3n) is 3.00. The summed E-state index contributed by atoms with van der Waals surface area (Å²) >= 11 is 1.54. The molecule has 0 saturated heterocycles. The van der Waals surface area contributed by atoms with Crippen LogP contribution in [-0.2, 0) is 0 Å². The van der Waals surface area contributed by atoms with Crippen LogP contribution in [0.25, 0.3) is 0 Å². The van der Waals surface area contributed by atoms with Gasteiger partial charge in [0.25, 0.3) is 0 Å². The van der Waals surface area contributed by atoms with Gasteiger partial charge in [-0.3, -0.25) is 10.3 Å². The fourth-order valence-corrected chi connectivity index (χ4v) is 2.62. The minimum atomic E-state index is -0.415. The van der Waals surface area contributed by atoms with E-state index in [2.05, 4.69) is 29.5 Å². The minimum Gasteiger partial charge on any atom is -0.471 e. The van der Waals surface area contributed by atoms with Crippen LogP contribution in [0.3, 0.4) is 0 Å². The summed E-state index contributed by atoms with van der Waals surface area (Å²) in [4.78, 5) is 15.9. The lowest BCUT2D eigenvalue weighted by molar-refractivity contribution is 0.179. The molecule has 0 saturated carbocycles. The van der Waals surface area contributed by atoms with Crippen molar-refractivity contribution in [3.63, 3.8) is 0 Å². The molecule has 1 atom stereocenters. The van der Waals surface area contributed by atoms with E-state index >= 15 is 0 Å². The molecule has 0 spiro atoms. The van der Waals surface area contributed by atoms with Crippen LogP contribution in [0.2, 0.25) is 0 Å². The van der Waals surface area contributed by atoms with Crippen LogP contribution in [0.4, 0.5) is 4.79 Å². The van der Waals surface area contributed by atoms with Crippen molar-refractivity contribution < 1.29 is 9.53 Å². The molecule has 1 aromatic carbocycles. The molecule has 2 amide bonds. The first-order valence-corrected chi connectivity index (χ1v) is 8.04. The van der Waals surface area contributed by atoms with Crippen molar-refractivity contribution in [2.45, 2.75) is 32.9 Å². The Kier molecular flexibility index (Phi) is 5.50. The molecule has 1 unspecified atom stereocenters. The minimum absolute atomic E-state index is 0.297. The fourth-order valence-electron chi connectivity index (χ4n) is 1.89. The van der Waals surface area contributed by atoms with Gasteiger partial charge in [-0.15, -0.1) is 0 Å². The van der Waals surface area contributed by atoms with E-state index in [0.717, 1.165) is 18.0 Å². The van der Waals surface area contributed by atoms with Gasteiger partial charge < -0.3 is 10.1 Å². The predicted octanol–water partition coefficient (Wildman–Crippen LogP) is 2.94. The van der Waals surface area contributed by atoms with Gasteiger partial charge in [0.2, 0.25) is 0 Å². The number of carbonyl (C=O) groups is 1. The highest BCUT2D eigenvalue weighted by Crippen LogP contribution is 2.19. The highest BCUT2D eigenvalue weighted by Gasteiger charge is 2.13. The molecule has 0 aliphatic carbocycles. The largest absolute Gasteiger partial charge is 0.471 e. The van der Waals surface area contributed by atoms with E-state index in [9.17, 15) is 4.79 Å². The second-order valence-electron chi connectivity index (χ2n) is 5.12. The molecule has 0 radical (unpaired) electrons. The molecule has 0 fully saturated rings. The number of nitrogens with one attached hydrogen (secondary N) is 2. The lowest BCUT2D eigenvalue weighted by Crippen LogP contribution is -2.44. The van der Waals surface area contributed by atoms with Crippen LogP contribution < -0.4 is 15.4 Å². The number of rotatable bonds is 4. The van der Waals surface area contributed by atoms with Gasteiger partial charge in [-0.2, -0.15) is 0 Å². The van der Waals surface area contributed by atoms with E-state index in [4.69, 9.17) is 4.74 Å². The molecule has 1 aliphatic heterocycles. The number of nitrogens with zero attached hydrogens (tertiary/aromatic N) is 1. The van der Waals surface area contributed by atoms with Crippen molar-refractivity contribution in [3.05, 3.63) is 29.8 Å². The molecular weight excluding hydrogens is 286 g/mol. The number of amidine groups is 1. The van der Waals surface area contributed by atoms with Crippen molar-refractivity contribution >= 4 is 23.0 Å². The first-order chi connectivity index (χ1) is 10.0. The summed E-state index contributed by atoms with van der Waals surface area (Å²) in [5.74, 6) is 2.15. The predicted molar refractivity (Wildman–Crippen MR) is 87.0 cm³/mol. The maximum atomic E-state index is 11.7. The van der Waals surface area contributed by atoms with Crippen LogP contribution >= 0.6 is 11.8 Å². The summed E-state index contributed by atoms with van der Waals surface area (Å²) in [6.07, 6.45) is -0.415. The Morgan fingerprint density at radius 1 is 1.29 bits per heavy atom. The van der Waals surface area contributed by atoms with Crippen LogP contribution in [-0.4, -0.2) is 29.7 Å². The number of ether oxygens (including phenoxy) is 1. The molecule has 5 nitrogen and oxygen atoms in total. The van der Waals surface area contributed by atoms with E-state index in [1.807, 2.05) is 24.3 Å². The maximum absolute atomic E-state index is 11.7. The van der Waals surface area contributed by atoms with Crippen molar-refractivity contribution in [2.75, 3.05) is 12.3 Å². The number of hydrogen-bond donors (Lipinski definition) is 2. The Bertz CT molecular complexity index is 514. The summed E-state index contributed by atoms with van der Waals surface area (Å²) in [7, 11) is 0. The van der Waals surface area contributed by atoms with Crippen molar-refractivity contribution in [2.24, 2.45) is 4.99 Å². The topological polar surface area (TPSA) is 62.7 Å². The van der Waals surface area contributed by atoms with Gasteiger partial charge in [0.1, 0.15) is 5.75 Å². The first kappa shape index (κ1) is 15.7. The monoisotopic (exact) mass is 307 g/mol. The van der Waals surface area contributed by atoms with Crippen molar-refractivity contribution in [3.8, 4) is 5.75 Å². The fraction of sp³-hybridized carbons (Fsp3) is 0.467. The Morgan fingerprint density at radius 3 is 2.57 bits per heavy atom. The summed E-state index contributed by atoms with van der Waals surface area (Å²) in [6.45, 7) is 6.84. The van der Waals surface area contributed by atoms with Gasteiger partial charge in [0.05, 0.1) is 6.54 Å². The van der Waals surface area contributed by atoms with Gasteiger partial charge in [-0.05, 0) is 30.5 Å². The second-order valence-corrected chi connectivity index (χ2v) is 6.20. The van der Waals surface area contributed by atoms with Gasteiger partial charge in [-0.1, -0.05) is 37.7 Å². The third kappa shape index (κ3) is 4.97. The van der Waals surface area contributed by atoms with Crippen LogP contribution in [0.15, 0.2) is 29.3 Å². The Morgan fingerprint density at radius 2 is 2.00 bits per heavy atom. The second kappa shape index (κ2) is 7.36. The van der Waals surface area contributed by atoms with Crippen molar-refractivity contribution in [1.82, 2.24) is 10.6 Å². The normalized spacial score (nSPS) is 15.5. The van der Waals surface area contributed by atoms with Gasteiger partial charge in [0, 0.05) is 5.75 Å². The summed E-state index contributed by atoms with van der Waals surface area (Å²) < 4.78 is 5.67. The van der Waals surface area contributed by atoms with Gasteiger partial charge in [0.15, 0.2) is 11.4 Å². The van der Waals surface area contributed by atoms with Crippen LogP contribution in [0.1, 0.15) is 32.3 Å². The Hall–Kier alpha value is -1.69. The Balaban J connectivity index is 1.80. The highest BCUT2D eigenvalue weighted by atomic mass is 32.2. The zero-order valence-corrected chi connectivity index (χ0v) is 13.4. The lowest BCUT2D eigenvalue weighted by atomic mass is 10.0. The standard InChI is InChI=1S/C15H21N3O2S/c1-10(2)12-4-6-13(7-5-12)20-11(3)17-14(19)18-15-16-8-9-21-15/h4-7,10-11H,8-9H2,1-3H3,(H2,16,17,18,19). The molecule has 2 rings (SSSR count). The Labute approximate surface area is 129 Å². The first-order valence-electron chi connectivity index (χ1n) is 7.06. The highest BCUT2D eigenvalue weighted by molar-refractivity contribution is 8.14. The number of aliphatic imine (C=N–C) groups is 1. The number of urea groups is 1. The van der Waals surface area contributed by atoms with E-state index in [0.29, 0.717) is 11.1 Å². The molecule has 114 valence electrons. The maximum Gasteiger partial charge on any atom is 0.323 e. The SMILES string of the molecule is CC(NC(=O)NC1=NCCS1)Oc1ccc(C(C)C)cc1. The third-order valence-corrected chi connectivity index (χ3v) is 3.89. The zero-order chi connectivity index (χ0) is 15.2. The number of carbonyl (C=O) groups excluding carboxylic acids is 1.